The molecular weight excluding hydrogens is 282 g/mol. The van der Waals surface area contributed by atoms with Gasteiger partial charge >= 0.3 is 0 Å². The first-order valence-corrected chi connectivity index (χ1v) is 8.23. The highest BCUT2D eigenvalue weighted by Crippen LogP contribution is 2.22. The van der Waals surface area contributed by atoms with Gasteiger partial charge in [0.1, 0.15) is 5.75 Å². The third-order valence-electron chi connectivity index (χ3n) is 4.24. The van der Waals surface area contributed by atoms with Crippen LogP contribution in [0.5, 0.6) is 5.75 Å². The van der Waals surface area contributed by atoms with E-state index in [-0.39, 0.29) is 0 Å². The van der Waals surface area contributed by atoms with E-state index in [0.717, 1.165) is 25.2 Å². The fourth-order valence-electron chi connectivity index (χ4n) is 2.92. The Morgan fingerprint density at radius 3 is 2.35 bits per heavy atom. The van der Waals surface area contributed by atoms with Crippen molar-refractivity contribution in [2.75, 3.05) is 13.2 Å². The van der Waals surface area contributed by atoms with E-state index in [1.807, 2.05) is 12.1 Å². The highest BCUT2D eigenvalue weighted by atomic mass is 16.5. The number of fused-ring (bicyclic) bond motifs is 1. The minimum Gasteiger partial charge on any atom is -0.494 e. The van der Waals surface area contributed by atoms with Crippen molar-refractivity contribution in [1.29, 1.82) is 0 Å². The lowest BCUT2D eigenvalue weighted by Crippen LogP contribution is -2.13. The zero-order valence-corrected chi connectivity index (χ0v) is 13.3. The van der Waals surface area contributed by atoms with Crippen LogP contribution in [0.25, 0.3) is 10.8 Å². The summed E-state index contributed by atoms with van der Waals surface area (Å²) in [5.41, 5.74) is 7.24. The summed E-state index contributed by atoms with van der Waals surface area (Å²) in [6.07, 6.45) is 2.05. The summed E-state index contributed by atoms with van der Waals surface area (Å²) in [4.78, 5) is 0. The minimum absolute atomic E-state index is 0.413. The molecule has 3 aromatic rings. The van der Waals surface area contributed by atoms with E-state index in [9.17, 15) is 0 Å². The predicted molar refractivity (Wildman–Crippen MR) is 96.9 cm³/mol. The minimum atomic E-state index is 0.413. The predicted octanol–water partition coefficient (Wildman–Crippen LogP) is 4.74. The Hall–Kier alpha value is -2.32. The fourth-order valence-corrected chi connectivity index (χ4v) is 2.92. The van der Waals surface area contributed by atoms with Crippen molar-refractivity contribution >= 4 is 10.8 Å². The Morgan fingerprint density at radius 1 is 0.826 bits per heavy atom. The van der Waals surface area contributed by atoms with Gasteiger partial charge in [0.15, 0.2) is 0 Å². The molecule has 0 saturated carbocycles. The third kappa shape index (κ3) is 4.11. The molecular formula is C21H23NO. The molecule has 3 aromatic carbocycles. The molecule has 0 fully saturated rings. The molecule has 2 heteroatoms. The zero-order valence-electron chi connectivity index (χ0n) is 13.3. The Kier molecular flexibility index (Phi) is 5.28. The molecule has 0 spiro atoms. The normalized spacial score (nSPS) is 12.2. The summed E-state index contributed by atoms with van der Waals surface area (Å²) >= 11 is 0. The summed E-state index contributed by atoms with van der Waals surface area (Å²) in [6.45, 7) is 1.40. The molecule has 0 aromatic heterocycles. The van der Waals surface area contributed by atoms with Crippen molar-refractivity contribution in [1.82, 2.24) is 0 Å². The van der Waals surface area contributed by atoms with E-state index in [2.05, 4.69) is 60.7 Å². The van der Waals surface area contributed by atoms with Gasteiger partial charge in [-0.05, 0) is 53.8 Å². The smallest absolute Gasteiger partial charge is 0.119 e. The van der Waals surface area contributed by atoms with Crippen LogP contribution in [0, 0.1) is 0 Å². The van der Waals surface area contributed by atoms with Crippen molar-refractivity contribution in [3.05, 3.63) is 78.4 Å². The van der Waals surface area contributed by atoms with Crippen molar-refractivity contribution in [3.63, 3.8) is 0 Å². The highest BCUT2D eigenvalue weighted by Gasteiger charge is 2.08. The highest BCUT2D eigenvalue weighted by molar-refractivity contribution is 5.83. The Labute approximate surface area is 137 Å². The maximum absolute atomic E-state index is 5.92. The van der Waals surface area contributed by atoms with Gasteiger partial charge in [0.2, 0.25) is 0 Å². The first-order chi connectivity index (χ1) is 11.4. The van der Waals surface area contributed by atoms with Gasteiger partial charge in [0, 0.05) is 0 Å². The van der Waals surface area contributed by atoms with Gasteiger partial charge in [0.05, 0.1) is 6.61 Å². The van der Waals surface area contributed by atoms with Gasteiger partial charge in [-0.15, -0.1) is 0 Å². The van der Waals surface area contributed by atoms with Crippen LogP contribution in [0.15, 0.2) is 72.8 Å². The molecule has 0 aliphatic carbocycles. The molecule has 3 rings (SSSR count). The van der Waals surface area contributed by atoms with E-state index in [1.165, 1.54) is 16.3 Å². The molecule has 1 unspecified atom stereocenters. The number of nitrogens with two attached hydrogens (primary N) is 1. The summed E-state index contributed by atoms with van der Waals surface area (Å²) in [6, 6.07) is 25.1. The zero-order chi connectivity index (χ0) is 15.9. The van der Waals surface area contributed by atoms with Gasteiger partial charge in [0.25, 0.3) is 0 Å². The average Bonchev–Trinajstić information content (AvgIpc) is 2.62. The molecule has 0 amide bonds. The maximum Gasteiger partial charge on any atom is 0.119 e. The van der Waals surface area contributed by atoms with Crippen LogP contribution in [-0.4, -0.2) is 13.2 Å². The van der Waals surface area contributed by atoms with Crippen LogP contribution in [0.1, 0.15) is 24.3 Å². The van der Waals surface area contributed by atoms with E-state index < -0.39 is 0 Å². The van der Waals surface area contributed by atoms with Gasteiger partial charge in [-0.3, -0.25) is 0 Å². The maximum atomic E-state index is 5.92. The lowest BCUT2D eigenvalue weighted by atomic mass is 9.95. The fraction of sp³-hybridized carbons (Fsp3) is 0.238. The number of ether oxygens (including phenoxy) is 1. The van der Waals surface area contributed by atoms with Crippen molar-refractivity contribution in [3.8, 4) is 5.75 Å². The number of hydrogen-bond donors (Lipinski definition) is 1. The summed E-state index contributed by atoms with van der Waals surface area (Å²) in [5, 5.41) is 2.46. The topological polar surface area (TPSA) is 35.2 Å². The second-order valence-electron chi connectivity index (χ2n) is 5.84. The molecule has 2 nitrogen and oxygen atoms in total. The van der Waals surface area contributed by atoms with Crippen LogP contribution in [0.4, 0.5) is 0 Å². The van der Waals surface area contributed by atoms with Crippen LogP contribution >= 0.6 is 0 Å². The van der Waals surface area contributed by atoms with Crippen LogP contribution < -0.4 is 10.5 Å². The van der Waals surface area contributed by atoms with Gasteiger partial charge in [-0.25, -0.2) is 0 Å². The van der Waals surface area contributed by atoms with E-state index in [1.54, 1.807) is 0 Å². The SMILES string of the molecule is NCC(CCCOc1ccc2ccccc2c1)c1ccccc1. The quantitative estimate of drug-likeness (QED) is 0.640. The van der Waals surface area contributed by atoms with Crippen molar-refractivity contribution in [2.45, 2.75) is 18.8 Å². The van der Waals surface area contributed by atoms with Gasteiger partial charge < -0.3 is 10.5 Å². The lowest BCUT2D eigenvalue weighted by molar-refractivity contribution is 0.302. The average molecular weight is 305 g/mol. The molecule has 0 radical (unpaired) electrons. The largest absolute Gasteiger partial charge is 0.494 e. The second-order valence-corrected chi connectivity index (χ2v) is 5.84. The van der Waals surface area contributed by atoms with Crippen LogP contribution in [0.3, 0.4) is 0 Å². The van der Waals surface area contributed by atoms with Gasteiger partial charge in [-0.1, -0.05) is 60.7 Å². The third-order valence-corrected chi connectivity index (χ3v) is 4.24. The number of hydrogen-bond acceptors (Lipinski definition) is 2. The lowest BCUT2D eigenvalue weighted by Gasteiger charge is -2.15. The summed E-state index contributed by atoms with van der Waals surface area (Å²) in [7, 11) is 0. The molecule has 23 heavy (non-hydrogen) atoms. The standard InChI is InChI=1S/C21H23NO/c22-16-20(17-7-2-1-3-8-17)11-6-14-23-21-13-12-18-9-4-5-10-19(18)15-21/h1-5,7-10,12-13,15,20H,6,11,14,16,22H2. The molecule has 118 valence electrons. The molecule has 2 N–H and O–H groups in total. The van der Waals surface area contributed by atoms with Crippen LogP contribution in [-0.2, 0) is 0 Å². The Bertz CT molecular complexity index is 739. The molecule has 0 heterocycles. The van der Waals surface area contributed by atoms with Gasteiger partial charge in [-0.2, -0.15) is 0 Å². The number of benzene rings is 3. The molecule has 0 saturated heterocycles. The first kappa shape index (κ1) is 15.6. The Balaban J connectivity index is 1.52. The number of rotatable bonds is 7. The van der Waals surface area contributed by atoms with Crippen molar-refractivity contribution in [2.24, 2.45) is 5.73 Å². The van der Waals surface area contributed by atoms with Crippen LogP contribution in [0.2, 0.25) is 0 Å². The molecule has 1 atom stereocenters. The molecule has 0 aliphatic rings. The van der Waals surface area contributed by atoms with Crippen molar-refractivity contribution < 1.29 is 4.74 Å². The summed E-state index contributed by atoms with van der Waals surface area (Å²) in [5.74, 6) is 1.35. The summed E-state index contributed by atoms with van der Waals surface area (Å²) < 4.78 is 5.90. The molecule has 0 bridgehead atoms. The van der Waals surface area contributed by atoms with E-state index >= 15 is 0 Å². The monoisotopic (exact) mass is 305 g/mol. The second kappa shape index (κ2) is 7.80. The van der Waals surface area contributed by atoms with E-state index in [4.69, 9.17) is 10.5 Å². The van der Waals surface area contributed by atoms with E-state index in [0.29, 0.717) is 12.5 Å². The Morgan fingerprint density at radius 2 is 1.57 bits per heavy atom. The molecule has 0 aliphatic heterocycles. The first-order valence-electron chi connectivity index (χ1n) is 8.23.